The van der Waals surface area contributed by atoms with E-state index in [1.807, 2.05) is 13.8 Å². The molecule has 0 aliphatic carbocycles. The summed E-state index contributed by atoms with van der Waals surface area (Å²) in [4.78, 5) is 11.5. The summed E-state index contributed by atoms with van der Waals surface area (Å²) in [5.74, 6) is 0.412. The molecule has 4 heteroatoms. The molecule has 0 radical (unpaired) electrons. The lowest BCUT2D eigenvalue weighted by Crippen LogP contribution is -2.27. The molecular formula is C13H18O4. The van der Waals surface area contributed by atoms with Crippen LogP contribution in [0.15, 0.2) is 24.3 Å². The summed E-state index contributed by atoms with van der Waals surface area (Å²) in [6, 6.07) is 6.39. The molecule has 0 aliphatic heterocycles. The van der Waals surface area contributed by atoms with Gasteiger partial charge < -0.3 is 14.6 Å². The quantitative estimate of drug-likeness (QED) is 0.799. The Morgan fingerprint density at radius 3 is 2.35 bits per heavy atom. The van der Waals surface area contributed by atoms with Gasteiger partial charge in [0.2, 0.25) is 0 Å². The Kier molecular flexibility index (Phi) is 4.82. The molecule has 1 unspecified atom stereocenters. The predicted octanol–water partition coefficient (Wildman–Crippen LogP) is 2.22. The molecule has 0 spiro atoms. The molecule has 1 atom stereocenters. The standard InChI is InChI=1S/C13H18O4/c1-9(2)12(13(15)16-3)8-17-11-6-4-10(14)5-7-11/h4-7,9,12,14H,8H2,1-3H3. The number of carbonyl (C=O) groups excluding carboxylic acids is 1. The summed E-state index contributed by atoms with van der Waals surface area (Å²) in [5, 5.41) is 9.12. The molecule has 0 aliphatic rings. The molecule has 0 bridgehead atoms. The van der Waals surface area contributed by atoms with Gasteiger partial charge in [0, 0.05) is 0 Å². The molecule has 1 aromatic carbocycles. The Morgan fingerprint density at radius 2 is 1.88 bits per heavy atom. The van der Waals surface area contributed by atoms with E-state index in [-0.39, 0.29) is 30.2 Å². The maximum absolute atomic E-state index is 11.5. The van der Waals surface area contributed by atoms with Crippen molar-refractivity contribution in [2.75, 3.05) is 13.7 Å². The van der Waals surface area contributed by atoms with E-state index in [4.69, 9.17) is 14.6 Å². The number of esters is 1. The molecule has 17 heavy (non-hydrogen) atoms. The van der Waals surface area contributed by atoms with Crippen LogP contribution in [0.3, 0.4) is 0 Å². The van der Waals surface area contributed by atoms with Gasteiger partial charge in [-0.3, -0.25) is 4.79 Å². The average molecular weight is 238 g/mol. The van der Waals surface area contributed by atoms with E-state index >= 15 is 0 Å². The van der Waals surface area contributed by atoms with Gasteiger partial charge in [0.05, 0.1) is 13.0 Å². The second-order valence-electron chi connectivity index (χ2n) is 4.18. The summed E-state index contributed by atoms with van der Waals surface area (Å²) in [6.07, 6.45) is 0. The number of methoxy groups -OCH3 is 1. The Hall–Kier alpha value is -1.71. The van der Waals surface area contributed by atoms with Gasteiger partial charge in [0.25, 0.3) is 0 Å². The number of hydrogen-bond acceptors (Lipinski definition) is 4. The SMILES string of the molecule is COC(=O)C(COc1ccc(O)cc1)C(C)C. The Morgan fingerprint density at radius 1 is 1.29 bits per heavy atom. The number of hydrogen-bond donors (Lipinski definition) is 1. The fourth-order valence-corrected chi connectivity index (χ4v) is 1.41. The minimum absolute atomic E-state index is 0.152. The van der Waals surface area contributed by atoms with E-state index in [9.17, 15) is 4.79 Å². The van der Waals surface area contributed by atoms with Crippen molar-refractivity contribution in [3.8, 4) is 11.5 Å². The van der Waals surface area contributed by atoms with E-state index in [2.05, 4.69) is 0 Å². The highest BCUT2D eigenvalue weighted by Gasteiger charge is 2.23. The first kappa shape index (κ1) is 13.4. The van der Waals surface area contributed by atoms with Crippen molar-refractivity contribution in [2.24, 2.45) is 11.8 Å². The van der Waals surface area contributed by atoms with Gasteiger partial charge in [0.1, 0.15) is 18.1 Å². The second-order valence-corrected chi connectivity index (χ2v) is 4.18. The Balaban J connectivity index is 2.58. The highest BCUT2D eigenvalue weighted by Crippen LogP contribution is 2.19. The normalized spacial score (nSPS) is 12.2. The molecule has 0 saturated heterocycles. The van der Waals surface area contributed by atoms with Crippen molar-refractivity contribution in [1.82, 2.24) is 0 Å². The maximum atomic E-state index is 11.5. The van der Waals surface area contributed by atoms with Crippen LogP contribution < -0.4 is 4.74 Å². The molecular weight excluding hydrogens is 220 g/mol. The lowest BCUT2D eigenvalue weighted by atomic mass is 9.97. The van der Waals surface area contributed by atoms with Crippen LogP contribution in [0.4, 0.5) is 0 Å². The van der Waals surface area contributed by atoms with Crippen LogP contribution in [0, 0.1) is 11.8 Å². The first-order valence-corrected chi connectivity index (χ1v) is 5.54. The van der Waals surface area contributed by atoms with Crippen LogP contribution in [0.1, 0.15) is 13.8 Å². The number of benzene rings is 1. The van der Waals surface area contributed by atoms with Gasteiger partial charge in [-0.05, 0) is 30.2 Å². The number of phenols is 1. The van der Waals surface area contributed by atoms with Gasteiger partial charge in [-0.25, -0.2) is 0 Å². The summed E-state index contributed by atoms with van der Waals surface area (Å²) >= 11 is 0. The van der Waals surface area contributed by atoms with Crippen molar-refractivity contribution >= 4 is 5.97 Å². The minimum atomic E-state index is -0.284. The fourth-order valence-electron chi connectivity index (χ4n) is 1.41. The smallest absolute Gasteiger partial charge is 0.312 e. The summed E-state index contributed by atoms with van der Waals surface area (Å²) < 4.78 is 10.2. The molecule has 4 nitrogen and oxygen atoms in total. The zero-order valence-electron chi connectivity index (χ0n) is 10.3. The molecule has 0 amide bonds. The van der Waals surface area contributed by atoms with Gasteiger partial charge in [-0.2, -0.15) is 0 Å². The summed E-state index contributed by atoms with van der Waals surface area (Å²) in [6.45, 7) is 4.17. The third-order valence-electron chi connectivity index (χ3n) is 2.57. The van der Waals surface area contributed by atoms with Crippen molar-refractivity contribution in [3.05, 3.63) is 24.3 Å². The highest BCUT2D eigenvalue weighted by molar-refractivity contribution is 5.72. The molecule has 1 N–H and O–H groups in total. The largest absolute Gasteiger partial charge is 0.508 e. The molecule has 0 saturated carbocycles. The van der Waals surface area contributed by atoms with Gasteiger partial charge >= 0.3 is 5.97 Å². The zero-order valence-corrected chi connectivity index (χ0v) is 10.3. The summed E-state index contributed by atoms with van der Waals surface area (Å²) in [5.41, 5.74) is 0. The van der Waals surface area contributed by atoms with Gasteiger partial charge in [-0.1, -0.05) is 13.8 Å². The minimum Gasteiger partial charge on any atom is -0.508 e. The van der Waals surface area contributed by atoms with Crippen LogP contribution in [-0.2, 0) is 9.53 Å². The van der Waals surface area contributed by atoms with E-state index < -0.39 is 0 Å². The number of phenolic OH excluding ortho intramolecular Hbond substituents is 1. The first-order chi connectivity index (χ1) is 8.04. The Bertz CT molecular complexity index is 356. The average Bonchev–Trinajstić information content (AvgIpc) is 2.31. The first-order valence-electron chi connectivity index (χ1n) is 5.54. The van der Waals surface area contributed by atoms with E-state index in [0.717, 1.165) is 0 Å². The predicted molar refractivity (Wildman–Crippen MR) is 63.9 cm³/mol. The van der Waals surface area contributed by atoms with Gasteiger partial charge in [0.15, 0.2) is 0 Å². The van der Waals surface area contributed by atoms with Crippen LogP contribution in [0.25, 0.3) is 0 Å². The molecule has 0 fully saturated rings. The van der Waals surface area contributed by atoms with Crippen molar-refractivity contribution < 1.29 is 19.4 Å². The number of ether oxygens (including phenoxy) is 2. The number of carbonyl (C=O) groups is 1. The third-order valence-corrected chi connectivity index (χ3v) is 2.57. The topological polar surface area (TPSA) is 55.8 Å². The lowest BCUT2D eigenvalue weighted by Gasteiger charge is -2.18. The van der Waals surface area contributed by atoms with E-state index in [0.29, 0.717) is 5.75 Å². The molecule has 0 aromatic heterocycles. The molecule has 1 rings (SSSR count). The number of aromatic hydroxyl groups is 1. The molecule has 0 heterocycles. The van der Waals surface area contributed by atoms with Gasteiger partial charge in [-0.15, -0.1) is 0 Å². The van der Waals surface area contributed by atoms with Crippen molar-refractivity contribution in [3.63, 3.8) is 0 Å². The Labute approximate surface area is 101 Å². The summed E-state index contributed by atoms with van der Waals surface area (Å²) in [7, 11) is 1.37. The van der Waals surface area contributed by atoms with Crippen LogP contribution in [-0.4, -0.2) is 24.8 Å². The highest BCUT2D eigenvalue weighted by atomic mass is 16.5. The van der Waals surface area contributed by atoms with Crippen molar-refractivity contribution in [1.29, 1.82) is 0 Å². The second kappa shape index (κ2) is 6.13. The van der Waals surface area contributed by atoms with Crippen LogP contribution in [0.5, 0.6) is 11.5 Å². The van der Waals surface area contributed by atoms with Crippen LogP contribution in [0.2, 0.25) is 0 Å². The van der Waals surface area contributed by atoms with E-state index in [1.165, 1.54) is 19.2 Å². The lowest BCUT2D eigenvalue weighted by molar-refractivity contribution is -0.148. The third kappa shape index (κ3) is 3.98. The van der Waals surface area contributed by atoms with Crippen molar-refractivity contribution in [2.45, 2.75) is 13.8 Å². The molecule has 1 aromatic rings. The maximum Gasteiger partial charge on any atom is 0.312 e. The van der Waals surface area contributed by atoms with Crippen LogP contribution >= 0.6 is 0 Å². The number of rotatable bonds is 5. The molecule has 94 valence electrons. The zero-order chi connectivity index (χ0) is 12.8. The monoisotopic (exact) mass is 238 g/mol. The fraction of sp³-hybridized carbons (Fsp3) is 0.462. The van der Waals surface area contributed by atoms with E-state index in [1.54, 1.807) is 12.1 Å².